The Balaban J connectivity index is 1.58. The van der Waals surface area contributed by atoms with Crippen molar-refractivity contribution in [2.75, 3.05) is 0 Å². The van der Waals surface area contributed by atoms with E-state index in [4.69, 9.17) is 0 Å². The zero-order valence-corrected chi connectivity index (χ0v) is 20.4. The highest BCUT2D eigenvalue weighted by molar-refractivity contribution is 6.00. The molecule has 0 heterocycles. The molecule has 0 aromatic rings. The zero-order valence-electron chi connectivity index (χ0n) is 20.4. The number of carbonyl (C=O) groups excluding carboxylic acids is 2. The van der Waals surface area contributed by atoms with Gasteiger partial charge in [0.05, 0.1) is 11.0 Å². The van der Waals surface area contributed by atoms with Gasteiger partial charge in [-0.25, -0.2) is 0 Å². The zero-order chi connectivity index (χ0) is 24.0. The van der Waals surface area contributed by atoms with Crippen LogP contribution in [0.4, 0.5) is 0 Å². The van der Waals surface area contributed by atoms with Gasteiger partial charge >= 0.3 is 5.97 Å². The maximum atomic E-state index is 13.9. The third-order valence-corrected chi connectivity index (χ3v) is 11.3. The molecule has 0 radical (unpaired) electrons. The monoisotopic (exact) mass is 451 g/mol. The van der Waals surface area contributed by atoms with Crippen LogP contribution < -0.4 is 0 Å². The first-order chi connectivity index (χ1) is 15.4. The number of hydrogen-bond acceptors (Lipinski definition) is 4. The van der Waals surface area contributed by atoms with Crippen molar-refractivity contribution in [3.63, 3.8) is 0 Å². The van der Waals surface area contributed by atoms with Crippen molar-refractivity contribution in [3.8, 4) is 6.07 Å². The standard InChI is InChI=1S/C28H37NO4/c1-25(2)9-10-28(24(32)33)8-6-18-23(19(28)14-25)21(31)12-22-26(18,3)7-5-17-11-20(30)16(15-29)13-27(17,22)4/h13,17-19,22-23H,5-12,14H2,1-4H3,(H,32,33). The van der Waals surface area contributed by atoms with Gasteiger partial charge in [0.15, 0.2) is 5.78 Å². The second-order valence-corrected chi connectivity index (χ2v) is 13.2. The Kier molecular flexibility index (Phi) is 4.86. The Labute approximate surface area is 197 Å². The van der Waals surface area contributed by atoms with Crippen molar-refractivity contribution in [1.29, 1.82) is 5.26 Å². The Morgan fingerprint density at radius 2 is 1.76 bits per heavy atom. The summed E-state index contributed by atoms with van der Waals surface area (Å²) in [5.74, 6) is -0.332. The Hall–Kier alpha value is -1.96. The van der Waals surface area contributed by atoms with E-state index >= 15 is 0 Å². The van der Waals surface area contributed by atoms with Crippen LogP contribution in [-0.4, -0.2) is 22.6 Å². The number of ketones is 2. The van der Waals surface area contributed by atoms with Crippen molar-refractivity contribution < 1.29 is 19.5 Å². The number of nitriles is 1. The number of carboxylic acid groups (broad SMARTS) is 1. The fourth-order valence-corrected chi connectivity index (χ4v) is 9.41. The van der Waals surface area contributed by atoms with E-state index in [9.17, 15) is 24.8 Å². The van der Waals surface area contributed by atoms with Gasteiger partial charge in [0, 0.05) is 18.8 Å². The number of hydrogen-bond donors (Lipinski definition) is 1. The lowest BCUT2D eigenvalue weighted by atomic mass is 9.37. The van der Waals surface area contributed by atoms with Crippen LogP contribution in [0.3, 0.4) is 0 Å². The molecule has 0 bridgehead atoms. The van der Waals surface area contributed by atoms with Crippen molar-refractivity contribution >= 4 is 17.5 Å². The van der Waals surface area contributed by atoms with Crippen molar-refractivity contribution in [3.05, 3.63) is 11.6 Å². The summed E-state index contributed by atoms with van der Waals surface area (Å²) in [5.41, 5.74) is -0.855. The molecule has 0 saturated heterocycles. The first kappa shape index (κ1) is 22.8. The third kappa shape index (κ3) is 2.98. The summed E-state index contributed by atoms with van der Waals surface area (Å²) in [6, 6.07) is 2.11. The van der Waals surface area contributed by atoms with Crippen LogP contribution in [0.5, 0.6) is 0 Å². The topological polar surface area (TPSA) is 95.2 Å². The van der Waals surface area contributed by atoms with Crippen molar-refractivity contribution in [2.24, 2.45) is 51.2 Å². The Morgan fingerprint density at radius 1 is 1.03 bits per heavy atom. The summed E-state index contributed by atoms with van der Waals surface area (Å²) in [6.45, 7) is 8.95. The average Bonchev–Trinajstić information content (AvgIpc) is 2.74. The molecule has 8 atom stereocenters. The molecular weight excluding hydrogens is 414 g/mol. The molecule has 0 aliphatic heterocycles. The van der Waals surface area contributed by atoms with E-state index in [0.29, 0.717) is 25.7 Å². The molecule has 1 N–H and O–H groups in total. The molecule has 8 unspecified atom stereocenters. The molecule has 0 aromatic carbocycles. The van der Waals surface area contributed by atoms with Crippen LogP contribution in [0.2, 0.25) is 0 Å². The molecule has 0 aromatic heterocycles. The summed E-state index contributed by atoms with van der Waals surface area (Å²) < 4.78 is 0. The predicted molar refractivity (Wildman–Crippen MR) is 123 cm³/mol. The van der Waals surface area contributed by atoms with Gasteiger partial charge in [0.2, 0.25) is 0 Å². The number of nitrogens with zero attached hydrogens (tertiary/aromatic N) is 1. The minimum atomic E-state index is -0.762. The summed E-state index contributed by atoms with van der Waals surface area (Å²) >= 11 is 0. The van der Waals surface area contributed by atoms with Crippen LogP contribution in [0, 0.1) is 62.6 Å². The number of allylic oxidation sites excluding steroid dienone is 2. The van der Waals surface area contributed by atoms with Gasteiger partial charge in [-0.15, -0.1) is 0 Å². The number of Topliss-reactive ketones (excluding diaryl/α,β-unsaturated/α-hetero) is 2. The smallest absolute Gasteiger partial charge is 0.309 e. The fraction of sp³-hybridized carbons (Fsp3) is 0.786. The van der Waals surface area contributed by atoms with Crippen molar-refractivity contribution in [1.82, 2.24) is 0 Å². The molecule has 5 aliphatic carbocycles. The van der Waals surface area contributed by atoms with E-state index in [2.05, 4.69) is 33.8 Å². The van der Waals surface area contributed by atoms with E-state index in [1.165, 1.54) is 0 Å². The number of rotatable bonds is 1. The molecule has 5 nitrogen and oxygen atoms in total. The summed E-state index contributed by atoms with van der Waals surface area (Å²) in [5, 5.41) is 19.9. The first-order valence-electron chi connectivity index (χ1n) is 12.8. The molecule has 0 amide bonds. The lowest BCUT2D eigenvalue weighted by Crippen LogP contribution is -2.64. The van der Waals surface area contributed by atoms with Crippen molar-refractivity contribution in [2.45, 2.75) is 85.5 Å². The summed E-state index contributed by atoms with van der Waals surface area (Å²) in [6.07, 6.45) is 8.51. The minimum Gasteiger partial charge on any atom is -0.481 e. The van der Waals surface area contributed by atoms with E-state index in [0.717, 1.165) is 32.1 Å². The highest BCUT2D eigenvalue weighted by atomic mass is 16.4. The van der Waals surface area contributed by atoms with Gasteiger partial charge < -0.3 is 5.11 Å². The van der Waals surface area contributed by atoms with Crippen LogP contribution in [0.15, 0.2) is 11.6 Å². The summed E-state index contributed by atoms with van der Waals surface area (Å²) in [7, 11) is 0. The van der Waals surface area contributed by atoms with E-state index in [1.807, 2.05) is 6.08 Å². The highest BCUT2D eigenvalue weighted by Gasteiger charge is 2.67. The van der Waals surface area contributed by atoms with Gasteiger partial charge in [-0.05, 0) is 84.9 Å². The predicted octanol–water partition coefficient (Wildman–Crippen LogP) is 5.34. The molecule has 0 spiro atoms. The van der Waals surface area contributed by atoms with Gasteiger partial charge in [-0.2, -0.15) is 5.26 Å². The third-order valence-electron chi connectivity index (χ3n) is 11.3. The highest BCUT2D eigenvalue weighted by Crippen LogP contribution is 2.70. The molecule has 5 heteroatoms. The molecule has 5 rings (SSSR count). The number of carbonyl (C=O) groups is 3. The normalized spacial score (nSPS) is 48.3. The molecule has 5 aliphatic rings. The quantitative estimate of drug-likeness (QED) is 0.580. The molecule has 4 saturated carbocycles. The molecule has 178 valence electrons. The fourth-order valence-electron chi connectivity index (χ4n) is 9.41. The molecule has 4 fully saturated rings. The summed E-state index contributed by atoms with van der Waals surface area (Å²) in [4.78, 5) is 39.0. The second kappa shape index (κ2) is 7.03. The maximum absolute atomic E-state index is 13.9. The number of carboxylic acids is 1. The molecule has 33 heavy (non-hydrogen) atoms. The Morgan fingerprint density at radius 3 is 2.42 bits per heavy atom. The lowest BCUT2D eigenvalue weighted by Gasteiger charge is -2.66. The lowest BCUT2D eigenvalue weighted by molar-refractivity contribution is -0.193. The van der Waals surface area contributed by atoms with Crippen LogP contribution >= 0.6 is 0 Å². The van der Waals surface area contributed by atoms with Gasteiger partial charge in [-0.3, -0.25) is 14.4 Å². The van der Waals surface area contributed by atoms with E-state index in [-0.39, 0.29) is 63.0 Å². The van der Waals surface area contributed by atoms with Crippen LogP contribution in [0.1, 0.15) is 85.5 Å². The van der Waals surface area contributed by atoms with E-state index in [1.54, 1.807) is 0 Å². The SMILES string of the molecule is CC1(C)CCC2(C(=O)O)CCC3C(C(=O)CC4C5(C)C=C(C#N)C(=O)CC5CCC34C)C2C1. The minimum absolute atomic E-state index is 0.0569. The first-order valence-corrected chi connectivity index (χ1v) is 12.8. The molecular formula is C28H37NO4. The van der Waals surface area contributed by atoms with Gasteiger partial charge in [-0.1, -0.05) is 33.8 Å². The second-order valence-electron chi connectivity index (χ2n) is 13.2. The van der Waals surface area contributed by atoms with Crippen LogP contribution in [0.25, 0.3) is 0 Å². The van der Waals surface area contributed by atoms with Gasteiger partial charge in [0.1, 0.15) is 11.9 Å². The number of aliphatic carboxylic acids is 1. The average molecular weight is 452 g/mol. The van der Waals surface area contributed by atoms with Crippen LogP contribution in [-0.2, 0) is 14.4 Å². The van der Waals surface area contributed by atoms with Gasteiger partial charge in [0.25, 0.3) is 0 Å². The van der Waals surface area contributed by atoms with E-state index < -0.39 is 11.4 Å². The number of fused-ring (bicyclic) bond motifs is 7. The Bertz CT molecular complexity index is 1000. The maximum Gasteiger partial charge on any atom is 0.309 e. The largest absolute Gasteiger partial charge is 0.481 e.